The topological polar surface area (TPSA) is 9.23 Å². The molecule has 0 aliphatic heterocycles. The Balaban J connectivity index is 4.99. The molecule has 0 amide bonds. The highest BCUT2D eigenvalue weighted by Gasteiger charge is 2.42. The van der Waals surface area contributed by atoms with E-state index in [0.29, 0.717) is 6.42 Å². The van der Waals surface area contributed by atoms with E-state index in [-0.39, 0.29) is 16.6 Å². The van der Waals surface area contributed by atoms with Crippen molar-refractivity contribution in [3.05, 3.63) is 0 Å². The molecule has 1 unspecified atom stereocenters. The van der Waals surface area contributed by atoms with E-state index < -0.39 is 8.32 Å². The van der Waals surface area contributed by atoms with Crippen molar-refractivity contribution in [2.45, 2.75) is 65.3 Å². The van der Waals surface area contributed by atoms with Crippen molar-refractivity contribution in [1.29, 1.82) is 0 Å². The Bertz CT molecular complexity index is 333. The number of hydrogen-bond donors (Lipinski definition) is 0. The van der Waals surface area contributed by atoms with Gasteiger partial charge in [0.25, 0.3) is 0 Å². The van der Waals surface area contributed by atoms with Gasteiger partial charge in [0.2, 0.25) is 0 Å². The standard InChI is InChI=1S/C15H26OSi/c1-10-12-15(6,7)13(11-2)16-17(8,9)14(3,4)5/h1-2,13H,12H2,3-9H3. The zero-order valence-electron chi connectivity index (χ0n) is 12.3. The lowest BCUT2D eigenvalue weighted by atomic mass is 9.84. The van der Waals surface area contributed by atoms with Crippen molar-refractivity contribution in [3.8, 4) is 24.7 Å². The Kier molecular flexibility index (Phi) is 5.08. The van der Waals surface area contributed by atoms with Gasteiger partial charge < -0.3 is 4.43 Å². The van der Waals surface area contributed by atoms with Crippen LogP contribution >= 0.6 is 0 Å². The molecule has 0 rings (SSSR count). The summed E-state index contributed by atoms with van der Waals surface area (Å²) in [7, 11) is -1.84. The van der Waals surface area contributed by atoms with E-state index in [9.17, 15) is 0 Å². The molecule has 0 aliphatic carbocycles. The molecule has 1 atom stereocenters. The summed E-state index contributed by atoms with van der Waals surface area (Å²) in [4.78, 5) is 0. The summed E-state index contributed by atoms with van der Waals surface area (Å²) in [6, 6.07) is 0. The first kappa shape index (κ1) is 16.3. The van der Waals surface area contributed by atoms with Crippen LogP contribution in [0.3, 0.4) is 0 Å². The summed E-state index contributed by atoms with van der Waals surface area (Å²) in [6.45, 7) is 15.2. The molecule has 0 radical (unpaired) electrons. The Hall–Kier alpha value is -0.703. The summed E-state index contributed by atoms with van der Waals surface area (Å²) in [6.07, 6.45) is 11.4. The minimum Gasteiger partial charge on any atom is -0.403 e. The molecule has 17 heavy (non-hydrogen) atoms. The summed E-state index contributed by atoms with van der Waals surface area (Å²) < 4.78 is 6.28. The minimum absolute atomic E-state index is 0.161. The molecule has 0 N–H and O–H groups in total. The van der Waals surface area contributed by atoms with E-state index in [1.54, 1.807) is 0 Å². The van der Waals surface area contributed by atoms with Crippen LogP contribution in [-0.2, 0) is 4.43 Å². The molecule has 2 heteroatoms. The molecule has 0 aliphatic rings. The first-order chi connectivity index (χ1) is 7.48. The molecule has 96 valence electrons. The number of hydrogen-bond acceptors (Lipinski definition) is 1. The Morgan fingerprint density at radius 2 is 1.59 bits per heavy atom. The van der Waals surface area contributed by atoms with Crippen LogP contribution < -0.4 is 0 Å². The molecule has 0 aromatic carbocycles. The average Bonchev–Trinajstić information content (AvgIpc) is 2.11. The maximum atomic E-state index is 6.28. The van der Waals surface area contributed by atoms with Crippen LogP contribution in [0, 0.1) is 30.1 Å². The lowest BCUT2D eigenvalue weighted by Gasteiger charge is -2.42. The van der Waals surface area contributed by atoms with E-state index in [0.717, 1.165) is 0 Å². The third-order valence-electron chi connectivity index (χ3n) is 3.64. The fourth-order valence-electron chi connectivity index (χ4n) is 1.25. The first-order valence-corrected chi connectivity index (χ1v) is 8.96. The second kappa shape index (κ2) is 5.30. The van der Waals surface area contributed by atoms with E-state index in [4.69, 9.17) is 17.3 Å². The van der Waals surface area contributed by atoms with Gasteiger partial charge in [0.1, 0.15) is 6.10 Å². The molecule has 0 heterocycles. The predicted molar refractivity (Wildman–Crippen MR) is 78.1 cm³/mol. The van der Waals surface area contributed by atoms with Crippen molar-refractivity contribution in [2.24, 2.45) is 5.41 Å². The Morgan fingerprint density at radius 3 is 1.88 bits per heavy atom. The number of rotatable bonds is 4. The van der Waals surface area contributed by atoms with Gasteiger partial charge in [-0.2, -0.15) is 0 Å². The van der Waals surface area contributed by atoms with Crippen LogP contribution in [0.2, 0.25) is 18.1 Å². The molecular formula is C15H26OSi. The van der Waals surface area contributed by atoms with Gasteiger partial charge in [0, 0.05) is 11.8 Å². The van der Waals surface area contributed by atoms with Gasteiger partial charge in [-0.3, -0.25) is 0 Å². The van der Waals surface area contributed by atoms with Crippen LogP contribution in [0.15, 0.2) is 0 Å². The largest absolute Gasteiger partial charge is 0.403 e. The van der Waals surface area contributed by atoms with Crippen LogP contribution in [0.4, 0.5) is 0 Å². The van der Waals surface area contributed by atoms with Crippen LogP contribution in [-0.4, -0.2) is 14.4 Å². The lowest BCUT2D eigenvalue weighted by molar-refractivity contribution is 0.111. The van der Waals surface area contributed by atoms with Gasteiger partial charge in [0.15, 0.2) is 8.32 Å². The molecule has 0 fully saturated rings. The third kappa shape index (κ3) is 4.23. The monoisotopic (exact) mass is 250 g/mol. The quantitative estimate of drug-likeness (QED) is 0.540. The Morgan fingerprint density at radius 1 is 1.12 bits per heavy atom. The molecular weight excluding hydrogens is 224 g/mol. The molecule has 0 saturated heterocycles. The third-order valence-corrected chi connectivity index (χ3v) is 8.07. The summed E-state index contributed by atoms with van der Waals surface area (Å²) >= 11 is 0. The molecule has 0 aromatic rings. The minimum atomic E-state index is -1.84. The Labute approximate surface area is 108 Å². The highest BCUT2D eigenvalue weighted by atomic mass is 28.4. The molecule has 0 spiro atoms. The van der Waals surface area contributed by atoms with Gasteiger partial charge in [-0.05, 0) is 18.1 Å². The fraction of sp³-hybridized carbons (Fsp3) is 0.733. The van der Waals surface area contributed by atoms with Gasteiger partial charge in [0.05, 0.1) is 0 Å². The second-order valence-corrected chi connectivity index (χ2v) is 11.6. The highest BCUT2D eigenvalue weighted by molar-refractivity contribution is 6.74. The van der Waals surface area contributed by atoms with Crippen LogP contribution in [0.25, 0.3) is 0 Å². The van der Waals surface area contributed by atoms with E-state index in [2.05, 4.69) is 59.6 Å². The molecule has 1 nitrogen and oxygen atoms in total. The normalized spacial score (nSPS) is 14.9. The number of terminal acetylenes is 2. The maximum Gasteiger partial charge on any atom is 0.193 e. The second-order valence-electron chi connectivity index (χ2n) is 6.79. The fourth-order valence-corrected chi connectivity index (χ4v) is 2.58. The van der Waals surface area contributed by atoms with Crippen molar-refractivity contribution in [1.82, 2.24) is 0 Å². The summed E-state index contributed by atoms with van der Waals surface area (Å²) in [5.74, 6) is 5.46. The van der Waals surface area contributed by atoms with Crippen molar-refractivity contribution in [2.75, 3.05) is 0 Å². The summed E-state index contributed by atoms with van der Waals surface area (Å²) in [5.41, 5.74) is -0.168. The zero-order chi connectivity index (χ0) is 13.9. The zero-order valence-corrected chi connectivity index (χ0v) is 13.3. The average molecular weight is 250 g/mol. The van der Waals surface area contributed by atoms with Crippen molar-refractivity contribution < 1.29 is 4.43 Å². The van der Waals surface area contributed by atoms with E-state index >= 15 is 0 Å². The molecule has 0 aromatic heterocycles. The van der Waals surface area contributed by atoms with Gasteiger partial charge in [-0.25, -0.2) is 0 Å². The SMILES string of the molecule is C#CCC(C)(C)C(C#C)O[Si](C)(C)C(C)(C)C. The van der Waals surface area contributed by atoms with E-state index in [1.165, 1.54) is 0 Å². The lowest BCUT2D eigenvalue weighted by Crippen LogP contribution is -2.47. The van der Waals surface area contributed by atoms with Crippen molar-refractivity contribution in [3.63, 3.8) is 0 Å². The first-order valence-electron chi connectivity index (χ1n) is 6.05. The van der Waals surface area contributed by atoms with Gasteiger partial charge in [-0.1, -0.05) is 40.5 Å². The highest BCUT2D eigenvalue weighted by Crippen LogP contribution is 2.40. The van der Waals surface area contributed by atoms with Crippen LogP contribution in [0.1, 0.15) is 41.0 Å². The van der Waals surface area contributed by atoms with Crippen molar-refractivity contribution >= 4 is 8.32 Å². The summed E-state index contributed by atoms with van der Waals surface area (Å²) in [5, 5.41) is 0.161. The maximum absolute atomic E-state index is 6.28. The van der Waals surface area contributed by atoms with Gasteiger partial charge in [-0.15, -0.1) is 18.8 Å². The molecule has 0 bridgehead atoms. The smallest absolute Gasteiger partial charge is 0.193 e. The molecule has 0 saturated carbocycles. The van der Waals surface area contributed by atoms with Crippen LogP contribution in [0.5, 0.6) is 0 Å². The predicted octanol–water partition coefficient (Wildman–Crippen LogP) is 4.06. The van der Waals surface area contributed by atoms with E-state index in [1.807, 2.05) is 0 Å². The van der Waals surface area contributed by atoms with Gasteiger partial charge >= 0.3 is 0 Å².